The smallest absolute Gasteiger partial charge is 0.345 e. The molecule has 2 heterocycles. The van der Waals surface area contributed by atoms with Crippen LogP contribution in [-0.4, -0.2) is 20.9 Å². The zero-order chi connectivity index (χ0) is 14.1. The molecule has 3 rings (SSSR count). The molecule has 100 valence electrons. The number of para-hydroxylation sites is 1. The predicted octanol–water partition coefficient (Wildman–Crippen LogP) is 2.20. The fourth-order valence-electron chi connectivity index (χ4n) is 2.01. The van der Waals surface area contributed by atoms with E-state index < -0.39 is 5.97 Å². The van der Waals surface area contributed by atoms with Gasteiger partial charge in [0.2, 0.25) is 5.43 Å². The minimum Gasteiger partial charge on any atom is -0.477 e. The van der Waals surface area contributed by atoms with E-state index in [0.29, 0.717) is 16.8 Å². The van der Waals surface area contributed by atoms with Gasteiger partial charge in [0.15, 0.2) is 0 Å². The molecule has 0 fully saturated rings. The number of nitrogens with zero attached hydrogens (tertiary/aromatic N) is 2. The van der Waals surface area contributed by atoms with Crippen molar-refractivity contribution in [2.45, 2.75) is 6.54 Å². The third-order valence-electron chi connectivity index (χ3n) is 2.94. The van der Waals surface area contributed by atoms with E-state index in [0.717, 1.165) is 10.4 Å². The molecule has 6 heteroatoms. The lowest BCUT2D eigenvalue weighted by atomic mass is 10.2. The van der Waals surface area contributed by atoms with Crippen molar-refractivity contribution in [3.8, 4) is 0 Å². The van der Waals surface area contributed by atoms with Gasteiger partial charge in [-0.05, 0) is 24.3 Å². The lowest BCUT2D eigenvalue weighted by Crippen LogP contribution is -2.12. The summed E-state index contributed by atoms with van der Waals surface area (Å²) in [6, 6.07) is 10.6. The van der Waals surface area contributed by atoms with Gasteiger partial charge in [-0.1, -0.05) is 12.1 Å². The molecule has 0 aliphatic carbocycles. The van der Waals surface area contributed by atoms with E-state index in [2.05, 4.69) is 5.10 Å². The fourth-order valence-corrected chi connectivity index (χ4v) is 2.84. The molecule has 1 N–H and O–H groups in total. The summed E-state index contributed by atoms with van der Waals surface area (Å²) in [6.07, 6.45) is 1.29. The fraction of sp³-hybridized carbons (Fsp3) is 0.0714. The Labute approximate surface area is 117 Å². The van der Waals surface area contributed by atoms with E-state index in [1.807, 2.05) is 18.2 Å². The molecule has 0 aliphatic rings. The largest absolute Gasteiger partial charge is 0.477 e. The molecule has 1 aromatic carbocycles. The molecular weight excluding hydrogens is 276 g/mol. The first-order valence-electron chi connectivity index (χ1n) is 5.92. The Hall–Kier alpha value is -2.47. The predicted molar refractivity (Wildman–Crippen MR) is 76.4 cm³/mol. The van der Waals surface area contributed by atoms with Crippen LogP contribution in [-0.2, 0) is 6.54 Å². The van der Waals surface area contributed by atoms with Crippen molar-refractivity contribution in [2.75, 3.05) is 0 Å². The van der Waals surface area contributed by atoms with E-state index in [9.17, 15) is 9.59 Å². The molecule has 2 aromatic heterocycles. The van der Waals surface area contributed by atoms with Gasteiger partial charge in [0, 0.05) is 10.3 Å². The van der Waals surface area contributed by atoms with Crippen molar-refractivity contribution in [1.29, 1.82) is 0 Å². The van der Waals surface area contributed by atoms with Crippen LogP contribution in [0.2, 0.25) is 0 Å². The highest BCUT2D eigenvalue weighted by Gasteiger charge is 2.09. The quantitative estimate of drug-likeness (QED) is 0.801. The van der Waals surface area contributed by atoms with Crippen LogP contribution in [0.5, 0.6) is 0 Å². The third-order valence-corrected chi connectivity index (χ3v) is 4.00. The number of carbonyl (C=O) groups is 1. The molecule has 0 aliphatic heterocycles. The van der Waals surface area contributed by atoms with Crippen LogP contribution < -0.4 is 5.43 Å². The zero-order valence-electron chi connectivity index (χ0n) is 10.3. The Kier molecular flexibility index (Phi) is 3.08. The number of hydrogen-bond donors (Lipinski definition) is 1. The lowest BCUT2D eigenvalue weighted by molar-refractivity contribution is 0.0702. The number of carboxylic acids is 1. The number of aromatic nitrogens is 2. The van der Waals surface area contributed by atoms with Gasteiger partial charge >= 0.3 is 5.97 Å². The Balaban J connectivity index is 2.04. The van der Waals surface area contributed by atoms with Gasteiger partial charge in [0.1, 0.15) is 4.88 Å². The van der Waals surface area contributed by atoms with Crippen LogP contribution in [0.25, 0.3) is 10.9 Å². The lowest BCUT2D eigenvalue weighted by Gasteiger charge is -2.07. The second kappa shape index (κ2) is 4.90. The van der Waals surface area contributed by atoms with E-state index in [4.69, 9.17) is 5.11 Å². The molecule has 20 heavy (non-hydrogen) atoms. The van der Waals surface area contributed by atoms with Crippen LogP contribution in [0.15, 0.2) is 47.4 Å². The van der Waals surface area contributed by atoms with Gasteiger partial charge < -0.3 is 5.11 Å². The van der Waals surface area contributed by atoms with Crippen LogP contribution in [0.1, 0.15) is 14.5 Å². The first-order chi connectivity index (χ1) is 9.65. The molecule has 3 aromatic rings. The molecule has 0 radical (unpaired) electrons. The van der Waals surface area contributed by atoms with Gasteiger partial charge in [-0.15, -0.1) is 11.3 Å². The molecule has 0 saturated heterocycles. The maximum absolute atomic E-state index is 11.7. The maximum atomic E-state index is 11.7. The van der Waals surface area contributed by atoms with Crippen molar-refractivity contribution < 1.29 is 9.90 Å². The Bertz CT molecular complexity index is 851. The third kappa shape index (κ3) is 2.21. The highest BCUT2D eigenvalue weighted by atomic mass is 32.1. The number of aromatic carboxylic acids is 1. The Morgan fingerprint density at radius 2 is 2.05 bits per heavy atom. The van der Waals surface area contributed by atoms with Gasteiger partial charge in [0.05, 0.1) is 18.3 Å². The second-order valence-electron chi connectivity index (χ2n) is 4.25. The van der Waals surface area contributed by atoms with Gasteiger partial charge in [-0.25, -0.2) is 4.79 Å². The average molecular weight is 286 g/mol. The number of hydrogen-bond acceptors (Lipinski definition) is 4. The highest BCUT2D eigenvalue weighted by molar-refractivity contribution is 7.13. The molecule has 0 atom stereocenters. The molecule has 0 saturated carbocycles. The average Bonchev–Trinajstić information content (AvgIpc) is 2.91. The Morgan fingerprint density at radius 1 is 1.25 bits per heavy atom. The monoisotopic (exact) mass is 286 g/mol. The van der Waals surface area contributed by atoms with E-state index >= 15 is 0 Å². The Morgan fingerprint density at radius 3 is 2.80 bits per heavy atom. The number of fused-ring (bicyclic) bond motifs is 1. The SMILES string of the molecule is O=C(O)c1ccc(Cn2ncc(=O)c3ccccc32)s1. The summed E-state index contributed by atoms with van der Waals surface area (Å²) >= 11 is 1.21. The summed E-state index contributed by atoms with van der Waals surface area (Å²) in [4.78, 5) is 23.8. The van der Waals surface area contributed by atoms with Crippen molar-refractivity contribution >= 4 is 28.2 Å². The number of benzene rings is 1. The first kappa shape index (κ1) is 12.6. The van der Waals surface area contributed by atoms with Gasteiger partial charge in [-0.3, -0.25) is 9.48 Å². The maximum Gasteiger partial charge on any atom is 0.345 e. The summed E-state index contributed by atoms with van der Waals surface area (Å²) in [7, 11) is 0. The van der Waals surface area contributed by atoms with Crippen molar-refractivity contribution in [3.63, 3.8) is 0 Å². The summed E-state index contributed by atoms with van der Waals surface area (Å²) < 4.78 is 1.70. The van der Waals surface area contributed by atoms with Crippen LogP contribution in [0, 0.1) is 0 Å². The summed E-state index contributed by atoms with van der Waals surface area (Å²) in [6.45, 7) is 0.443. The van der Waals surface area contributed by atoms with Crippen molar-refractivity contribution in [3.05, 3.63) is 62.6 Å². The molecule has 0 amide bonds. The van der Waals surface area contributed by atoms with E-state index in [1.165, 1.54) is 17.5 Å². The molecule has 5 nitrogen and oxygen atoms in total. The zero-order valence-corrected chi connectivity index (χ0v) is 11.1. The van der Waals surface area contributed by atoms with Crippen LogP contribution in [0.4, 0.5) is 0 Å². The molecule has 0 unspecified atom stereocenters. The highest BCUT2D eigenvalue weighted by Crippen LogP contribution is 2.18. The van der Waals surface area contributed by atoms with Gasteiger partial charge in [-0.2, -0.15) is 5.10 Å². The van der Waals surface area contributed by atoms with Crippen molar-refractivity contribution in [1.82, 2.24) is 9.78 Å². The minimum absolute atomic E-state index is 0.116. The number of rotatable bonds is 3. The van der Waals surface area contributed by atoms with E-state index in [1.54, 1.807) is 22.9 Å². The normalized spacial score (nSPS) is 10.8. The molecule has 0 spiro atoms. The van der Waals surface area contributed by atoms with Crippen LogP contribution in [0.3, 0.4) is 0 Å². The second-order valence-corrected chi connectivity index (χ2v) is 5.42. The summed E-state index contributed by atoms with van der Waals surface area (Å²) in [5.74, 6) is -0.932. The standard InChI is InChI=1S/C14H10N2O3S/c17-12-7-15-16(11-4-2-1-3-10(11)12)8-9-5-6-13(20-9)14(18)19/h1-7H,8H2,(H,18,19). The number of thiophene rings is 1. The van der Waals surface area contributed by atoms with Gasteiger partial charge in [0.25, 0.3) is 0 Å². The molecule has 0 bridgehead atoms. The van der Waals surface area contributed by atoms with Crippen molar-refractivity contribution in [2.24, 2.45) is 0 Å². The topological polar surface area (TPSA) is 72.2 Å². The number of carboxylic acid groups (broad SMARTS) is 1. The summed E-state index contributed by atoms with van der Waals surface area (Å²) in [5.41, 5.74) is 0.625. The summed E-state index contributed by atoms with van der Waals surface area (Å²) in [5, 5.41) is 13.6. The first-order valence-corrected chi connectivity index (χ1v) is 6.73. The van der Waals surface area contributed by atoms with E-state index in [-0.39, 0.29) is 5.43 Å². The minimum atomic E-state index is -0.932. The van der Waals surface area contributed by atoms with Crippen LogP contribution >= 0.6 is 11.3 Å². The molecular formula is C14H10N2O3S.